The number of amides is 1. The number of benzene rings is 3. The minimum Gasteiger partial charge on any atom is -0.507 e. The zero-order valence-corrected chi connectivity index (χ0v) is 22.9. The summed E-state index contributed by atoms with van der Waals surface area (Å²) in [6.07, 6.45) is 0. The minimum absolute atomic E-state index is 0.138. The summed E-state index contributed by atoms with van der Waals surface area (Å²) in [4.78, 5) is 38.8. The van der Waals surface area contributed by atoms with E-state index in [0.717, 1.165) is 27.4 Å². The number of hydrogen-bond acceptors (Lipinski definition) is 10. The number of nitrogens with zero attached hydrogens (tertiary/aromatic N) is 4. The van der Waals surface area contributed by atoms with Gasteiger partial charge in [-0.3, -0.25) is 24.6 Å². The Balaban J connectivity index is 1.56. The minimum atomic E-state index is -1.16. The molecule has 2 heterocycles. The van der Waals surface area contributed by atoms with Crippen molar-refractivity contribution in [3.05, 3.63) is 111 Å². The molecular weight excluding hydrogens is 552 g/mol. The van der Waals surface area contributed by atoms with E-state index < -0.39 is 28.4 Å². The maximum Gasteiger partial charge on any atom is 0.301 e. The normalized spacial score (nSPS) is 16.4. The van der Waals surface area contributed by atoms with E-state index in [1.165, 1.54) is 37.1 Å². The monoisotopic (exact) mass is 574 g/mol. The highest BCUT2D eigenvalue weighted by Crippen LogP contribution is 2.44. The second-order valence-corrected chi connectivity index (χ2v) is 11.1. The molecule has 202 valence electrons. The number of thioether (sulfide) groups is 1. The Bertz CT molecular complexity index is 1630. The molecule has 0 aliphatic carbocycles. The molecule has 1 aliphatic heterocycles. The van der Waals surface area contributed by atoms with Crippen molar-refractivity contribution in [2.75, 3.05) is 12.0 Å². The van der Waals surface area contributed by atoms with Crippen LogP contribution in [0.4, 0.5) is 10.8 Å². The molecular formula is C28H22N4O6S2. The highest BCUT2D eigenvalue weighted by atomic mass is 32.2. The van der Waals surface area contributed by atoms with Gasteiger partial charge in [0.05, 0.1) is 23.6 Å². The summed E-state index contributed by atoms with van der Waals surface area (Å²) in [5.41, 5.74) is 2.36. The molecule has 1 atom stereocenters. The van der Waals surface area contributed by atoms with Gasteiger partial charge in [-0.2, -0.15) is 0 Å². The van der Waals surface area contributed by atoms with Crippen LogP contribution in [0, 0.1) is 17.0 Å². The molecule has 0 radical (unpaired) electrons. The van der Waals surface area contributed by atoms with Crippen molar-refractivity contribution in [3.63, 3.8) is 0 Å². The van der Waals surface area contributed by atoms with Gasteiger partial charge < -0.3 is 9.84 Å². The molecule has 5 rings (SSSR count). The summed E-state index contributed by atoms with van der Waals surface area (Å²) in [7, 11) is 1.50. The van der Waals surface area contributed by atoms with E-state index in [1.54, 1.807) is 30.3 Å². The van der Waals surface area contributed by atoms with Crippen molar-refractivity contribution in [1.82, 2.24) is 10.2 Å². The van der Waals surface area contributed by atoms with E-state index in [1.807, 2.05) is 31.2 Å². The summed E-state index contributed by atoms with van der Waals surface area (Å²) in [6.45, 7) is 2.01. The lowest BCUT2D eigenvalue weighted by Gasteiger charge is -2.22. The van der Waals surface area contributed by atoms with Gasteiger partial charge in [-0.15, -0.1) is 10.2 Å². The van der Waals surface area contributed by atoms with Crippen LogP contribution in [0.1, 0.15) is 28.3 Å². The molecule has 1 saturated heterocycles. The van der Waals surface area contributed by atoms with Crippen molar-refractivity contribution in [1.29, 1.82) is 0 Å². The van der Waals surface area contributed by atoms with Crippen LogP contribution in [0.2, 0.25) is 0 Å². The Morgan fingerprint density at radius 2 is 1.82 bits per heavy atom. The van der Waals surface area contributed by atoms with E-state index in [2.05, 4.69) is 10.2 Å². The maximum atomic E-state index is 13.4. The van der Waals surface area contributed by atoms with Gasteiger partial charge in [-0.25, -0.2) is 0 Å². The van der Waals surface area contributed by atoms with Gasteiger partial charge in [0.1, 0.15) is 11.5 Å². The fraction of sp³-hybridized carbons (Fsp3) is 0.143. The Morgan fingerprint density at radius 1 is 1.10 bits per heavy atom. The molecule has 1 unspecified atom stereocenters. The van der Waals surface area contributed by atoms with Gasteiger partial charge in [-0.1, -0.05) is 65.1 Å². The quantitative estimate of drug-likeness (QED) is 0.0536. The summed E-state index contributed by atoms with van der Waals surface area (Å²) in [5, 5.41) is 31.3. The summed E-state index contributed by atoms with van der Waals surface area (Å²) < 4.78 is 5.74. The van der Waals surface area contributed by atoms with Crippen molar-refractivity contribution in [2.24, 2.45) is 0 Å². The number of anilines is 1. The largest absolute Gasteiger partial charge is 0.507 e. The smallest absolute Gasteiger partial charge is 0.301 e. The van der Waals surface area contributed by atoms with E-state index in [-0.39, 0.29) is 27.5 Å². The SMILES string of the molecule is COc1ccc(/C(O)=C2/C(=O)C(=O)N(c3nnc(SCc4ccc(C)cc4)s3)C2c2cccc([N+](=O)[O-])c2)cc1. The van der Waals surface area contributed by atoms with Crippen LogP contribution < -0.4 is 9.64 Å². The zero-order valence-electron chi connectivity index (χ0n) is 21.3. The number of hydrogen-bond donors (Lipinski definition) is 1. The average Bonchev–Trinajstić information content (AvgIpc) is 3.54. The molecule has 40 heavy (non-hydrogen) atoms. The van der Waals surface area contributed by atoms with Crippen LogP contribution in [0.5, 0.6) is 5.75 Å². The number of Topliss-reactive ketones (excluding diaryl/α,β-unsaturated/α-hetero) is 1. The number of aromatic nitrogens is 2. The first kappa shape index (κ1) is 27.0. The molecule has 0 saturated carbocycles. The second kappa shape index (κ2) is 11.3. The number of rotatable bonds is 8. The maximum absolute atomic E-state index is 13.4. The third kappa shape index (κ3) is 5.31. The predicted octanol–water partition coefficient (Wildman–Crippen LogP) is 5.68. The fourth-order valence-electron chi connectivity index (χ4n) is 4.25. The fourth-order valence-corrected chi connectivity index (χ4v) is 6.07. The number of aliphatic hydroxyl groups excluding tert-OH is 1. The van der Waals surface area contributed by atoms with Crippen molar-refractivity contribution >= 4 is 51.4 Å². The van der Waals surface area contributed by atoms with E-state index in [0.29, 0.717) is 15.8 Å². The van der Waals surface area contributed by atoms with Crippen molar-refractivity contribution in [3.8, 4) is 5.75 Å². The summed E-state index contributed by atoms with van der Waals surface area (Å²) in [6, 6.07) is 18.8. The van der Waals surface area contributed by atoms with Gasteiger partial charge in [-0.05, 0) is 42.3 Å². The third-order valence-electron chi connectivity index (χ3n) is 6.29. The predicted molar refractivity (Wildman–Crippen MR) is 152 cm³/mol. The highest BCUT2D eigenvalue weighted by Gasteiger charge is 2.48. The average molecular weight is 575 g/mol. The lowest BCUT2D eigenvalue weighted by atomic mass is 9.95. The molecule has 1 aliphatic rings. The Kier molecular flexibility index (Phi) is 7.63. The molecule has 1 fully saturated rings. The summed E-state index contributed by atoms with van der Waals surface area (Å²) in [5.74, 6) is -1.11. The van der Waals surface area contributed by atoms with Crippen molar-refractivity contribution < 1.29 is 24.4 Å². The van der Waals surface area contributed by atoms with Gasteiger partial charge in [0, 0.05) is 23.4 Å². The zero-order chi connectivity index (χ0) is 28.4. The second-order valence-electron chi connectivity index (χ2n) is 8.87. The molecule has 12 heteroatoms. The number of nitro groups is 1. The lowest BCUT2D eigenvalue weighted by molar-refractivity contribution is -0.384. The molecule has 0 bridgehead atoms. The molecule has 4 aromatic rings. The number of ketones is 1. The topological polar surface area (TPSA) is 136 Å². The Labute approximate surface area is 237 Å². The van der Waals surface area contributed by atoms with Gasteiger partial charge >= 0.3 is 5.91 Å². The number of aryl methyl sites for hydroxylation is 1. The molecule has 1 amide bonds. The first-order chi connectivity index (χ1) is 19.3. The van der Waals surface area contributed by atoms with Crippen LogP contribution in [0.3, 0.4) is 0 Å². The molecule has 1 N–H and O–H groups in total. The first-order valence-corrected chi connectivity index (χ1v) is 13.8. The third-order valence-corrected chi connectivity index (χ3v) is 8.42. The van der Waals surface area contributed by atoms with E-state index >= 15 is 0 Å². The van der Waals surface area contributed by atoms with Gasteiger partial charge in [0.2, 0.25) is 5.13 Å². The van der Waals surface area contributed by atoms with Crippen LogP contribution in [-0.4, -0.2) is 39.0 Å². The molecule has 3 aromatic carbocycles. The first-order valence-electron chi connectivity index (χ1n) is 12.0. The highest BCUT2D eigenvalue weighted by molar-refractivity contribution is 8.00. The van der Waals surface area contributed by atoms with Crippen LogP contribution in [0.25, 0.3) is 5.76 Å². The van der Waals surface area contributed by atoms with Crippen molar-refractivity contribution in [2.45, 2.75) is 23.1 Å². The Morgan fingerprint density at radius 3 is 2.50 bits per heavy atom. The van der Waals surface area contributed by atoms with Crippen LogP contribution >= 0.6 is 23.1 Å². The summed E-state index contributed by atoms with van der Waals surface area (Å²) >= 11 is 2.55. The van der Waals surface area contributed by atoms with E-state index in [4.69, 9.17) is 4.74 Å². The van der Waals surface area contributed by atoms with Crippen LogP contribution in [-0.2, 0) is 15.3 Å². The standard InChI is InChI=1S/C28H22N4O6S2/c1-16-6-8-17(9-7-16)15-39-28-30-29-27(40-28)31-23(19-4-3-5-20(14-19)32(36)37)22(25(34)26(31)35)24(33)18-10-12-21(38-2)13-11-18/h3-14,23,33H,15H2,1-2H3/b24-22-. The number of carbonyl (C=O) groups is 2. The number of aliphatic hydroxyl groups is 1. The number of nitro benzene ring substituents is 1. The molecule has 1 aromatic heterocycles. The van der Waals surface area contributed by atoms with Crippen LogP contribution in [0.15, 0.2) is 82.7 Å². The molecule has 10 nitrogen and oxygen atoms in total. The number of non-ortho nitro benzene ring substituents is 1. The van der Waals surface area contributed by atoms with E-state index in [9.17, 15) is 24.8 Å². The number of methoxy groups -OCH3 is 1. The lowest BCUT2D eigenvalue weighted by Crippen LogP contribution is -2.29. The van der Waals surface area contributed by atoms with Gasteiger partial charge in [0.25, 0.3) is 11.5 Å². The Hall–Kier alpha value is -4.55. The number of carbonyl (C=O) groups excluding carboxylic acids is 2. The number of ether oxygens (including phenoxy) is 1. The molecule has 0 spiro atoms. The van der Waals surface area contributed by atoms with Gasteiger partial charge in [0.15, 0.2) is 4.34 Å².